The van der Waals surface area contributed by atoms with Crippen LogP contribution in [0.1, 0.15) is 45.7 Å². The van der Waals surface area contributed by atoms with Crippen molar-refractivity contribution >= 4 is 41.0 Å². The maximum absolute atomic E-state index is 13.0. The maximum Gasteiger partial charge on any atom is 0.338 e. The second-order valence-electron chi connectivity index (χ2n) is 8.74. The number of urea groups is 2. The minimum Gasteiger partial charge on any atom is -0.462 e. The van der Waals surface area contributed by atoms with E-state index in [0.717, 1.165) is 6.42 Å². The van der Waals surface area contributed by atoms with E-state index < -0.39 is 18.0 Å². The van der Waals surface area contributed by atoms with E-state index >= 15 is 0 Å². The summed E-state index contributed by atoms with van der Waals surface area (Å²) >= 11 is 5.95. The number of nitrogens with one attached hydrogen (secondary N) is 3. The molecule has 1 heterocycles. The lowest BCUT2D eigenvalue weighted by molar-refractivity contribution is -0.140. The molecule has 0 aliphatic carbocycles. The fourth-order valence-electron chi connectivity index (χ4n) is 3.73. The van der Waals surface area contributed by atoms with Crippen molar-refractivity contribution in [2.75, 3.05) is 23.8 Å². The average Bonchev–Trinajstić information content (AvgIpc) is 2.80. The number of ether oxygens (including phenoxy) is 1. The Bertz CT molecular complexity index is 1110. The quantitative estimate of drug-likeness (QED) is 0.392. The van der Waals surface area contributed by atoms with Gasteiger partial charge in [-0.15, -0.1) is 0 Å². The fourth-order valence-corrected chi connectivity index (χ4v) is 3.92. The second kappa shape index (κ2) is 11.8. The first-order valence-electron chi connectivity index (χ1n) is 11.6. The van der Waals surface area contributed by atoms with Crippen molar-refractivity contribution in [2.24, 2.45) is 5.92 Å². The molecule has 1 atom stereocenters. The van der Waals surface area contributed by atoms with Gasteiger partial charge >= 0.3 is 18.0 Å². The molecule has 3 rings (SSSR count). The van der Waals surface area contributed by atoms with Crippen molar-refractivity contribution in [1.29, 1.82) is 0 Å². The molecule has 3 N–H and O–H groups in total. The number of hydrogen-bond acceptors (Lipinski definition) is 4. The predicted octanol–water partition coefficient (Wildman–Crippen LogP) is 5.93. The van der Waals surface area contributed by atoms with Crippen LogP contribution in [0.15, 0.2) is 59.8 Å². The maximum atomic E-state index is 13.0. The number of nitrogens with zero attached hydrogens (tertiary/aromatic N) is 1. The van der Waals surface area contributed by atoms with Gasteiger partial charge in [-0.1, -0.05) is 50.6 Å². The van der Waals surface area contributed by atoms with Gasteiger partial charge in [0.2, 0.25) is 0 Å². The number of hydrogen-bond donors (Lipinski definition) is 3. The first kappa shape index (κ1) is 26.1. The van der Waals surface area contributed by atoms with Crippen LogP contribution < -0.4 is 16.0 Å². The molecule has 0 radical (unpaired) electrons. The zero-order valence-electron chi connectivity index (χ0n) is 20.4. The molecule has 1 aliphatic heterocycles. The van der Waals surface area contributed by atoms with E-state index in [1.165, 1.54) is 0 Å². The van der Waals surface area contributed by atoms with E-state index in [4.69, 9.17) is 16.3 Å². The molecule has 1 unspecified atom stereocenters. The van der Waals surface area contributed by atoms with Crippen LogP contribution in [0.3, 0.4) is 0 Å². The zero-order valence-corrected chi connectivity index (χ0v) is 21.1. The van der Waals surface area contributed by atoms with Gasteiger partial charge in [0.25, 0.3) is 0 Å². The van der Waals surface area contributed by atoms with Crippen LogP contribution in [0.5, 0.6) is 0 Å². The van der Waals surface area contributed by atoms with Gasteiger partial charge in [0, 0.05) is 28.6 Å². The van der Waals surface area contributed by atoms with Gasteiger partial charge in [0.15, 0.2) is 0 Å². The highest BCUT2D eigenvalue weighted by atomic mass is 35.5. The summed E-state index contributed by atoms with van der Waals surface area (Å²) in [7, 11) is 0. The van der Waals surface area contributed by atoms with Crippen LogP contribution in [0, 0.1) is 5.92 Å². The van der Waals surface area contributed by atoms with E-state index in [1.54, 1.807) is 60.4 Å². The van der Waals surface area contributed by atoms with E-state index in [1.807, 2.05) is 20.8 Å². The summed E-state index contributed by atoms with van der Waals surface area (Å²) in [5.74, 6) is -0.267. The fraction of sp³-hybridized carbons (Fsp3) is 0.346. The van der Waals surface area contributed by atoms with Gasteiger partial charge in [-0.3, -0.25) is 4.90 Å². The third kappa shape index (κ3) is 6.76. The van der Waals surface area contributed by atoms with Crippen molar-refractivity contribution < 1.29 is 19.1 Å². The number of carbonyl (C=O) groups excluding carboxylic acids is 3. The van der Waals surface area contributed by atoms with Gasteiger partial charge in [-0.25, -0.2) is 14.4 Å². The molecular formula is C26H31ClN4O4. The smallest absolute Gasteiger partial charge is 0.338 e. The van der Waals surface area contributed by atoms with Gasteiger partial charge in [0.1, 0.15) is 0 Å². The monoisotopic (exact) mass is 498 g/mol. The summed E-state index contributed by atoms with van der Waals surface area (Å²) < 4.78 is 5.52. The number of amides is 4. The Morgan fingerprint density at radius 1 is 1.11 bits per heavy atom. The van der Waals surface area contributed by atoms with Crippen molar-refractivity contribution in [3.05, 3.63) is 70.4 Å². The molecule has 35 heavy (non-hydrogen) atoms. The summed E-state index contributed by atoms with van der Waals surface area (Å²) in [6, 6.07) is 12.4. The Labute approximate surface area is 210 Å². The van der Waals surface area contributed by atoms with Gasteiger partial charge in [0.05, 0.1) is 18.2 Å². The molecular weight excluding hydrogens is 468 g/mol. The van der Waals surface area contributed by atoms with Gasteiger partial charge in [-0.2, -0.15) is 0 Å². The number of carbonyl (C=O) groups is 3. The second-order valence-corrected chi connectivity index (χ2v) is 9.17. The van der Waals surface area contributed by atoms with E-state index in [2.05, 4.69) is 16.0 Å². The predicted molar refractivity (Wildman–Crippen MR) is 137 cm³/mol. The van der Waals surface area contributed by atoms with Crippen molar-refractivity contribution in [2.45, 2.75) is 40.2 Å². The standard InChI is InChI=1S/C26H31ClN4O4/c1-5-13-31-17(4)22(24(32)35-15-16(2)3)23(30-26(31)34)18-9-11-20(12-10-18)28-25(33)29-21-8-6-7-19(27)14-21/h6-12,14,16,23H,5,13,15H2,1-4H3,(H,30,34)(H2,28,29,33). The molecule has 2 aromatic rings. The molecule has 0 fully saturated rings. The number of anilines is 2. The normalized spacial score (nSPS) is 15.7. The summed E-state index contributed by atoms with van der Waals surface area (Å²) in [6.45, 7) is 8.45. The summed E-state index contributed by atoms with van der Waals surface area (Å²) in [4.78, 5) is 39.7. The van der Waals surface area contributed by atoms with Gasteiger partial charge in [-0.05, 0) is 55.2 Å². The highest BCUT2D eigenvalue weighted by Gasteiger charge is 2.36. The third-order valence-electron chi connectivity index (χ3n) is 5.40. The zero-order chi connectivity index (χ0) is 25.5. The SMILES string of the molecule is CCCN1C(=O)NC(c2ccc(NC(=O)Nc3cccc(Cl)c3)cc2)C(C(=O)OCC(C)C)=C1C. The molecule has 2 aromatic carbocycles. The topological polar surface area (TPSA) is 99.8 Å². The summed E-state index contributed by atoms with van der Waals surface area (Å²) in [5, 5.41) is 8.92. The molecule has 0 spiro atoms. The Balaban J connectivity index is 1.80. The third-order valence-corrected chi connectivity index (χ3v) is 5.63. The lowest BCUT2D eigenvalue weighted by Crippen LogP contribution is -2.48. The lowest BCUT2D eigenvalue weighted by atomic mass is 9.94. The largest absolute Gasteiger partial charge is 0.462 e. The minimum atomic E-state index is -0.662. The first-order chi connectivity index (χ1) is 16.7. The van der Waals surface area contributed by atoms with Crippen LogP contribution in [0.4, 0.5) is 21.0 Å². The molecule has 0 aromatic heterocycles. The highest BCUT2D eigenvalue weighted by Crippen LogP contribution is 2.32. The van der Waals surface area contributed by atoms with Crippen LogP contribution in [-0.2, 0) is 9.53 Å². The van der Waals surface area contributed by atoms with Gasteiger partial charge < -0.3 is 20.7 Å². The van der Waals surface area contributed by atoms with Crippen molar-refractivity contribution in [3.63, 3.8) is 0 Å². The number of esters is 1. The lowest BCUT2D eigenvalue weighted by Gasteiger charge is -2.35. The highest BCUT2D eigenvalue weighted by molar-refractivity contribution is 6.30. The Morgan fingerprint density at radius 2 is 1.80 bits per heavy atom. The van der Waals surface area contributed by atoms with Crippen molar-refractivity contribution in [3.8, 4) is 0 Å². The molecule has 0 saturated carbocycles. The van der Waals surface area contributed by atoms with E-state index in [-0.39, 0.29) is 18.6 Å². The van der Waals surface area contributed by atoms with Crippen LogP contribution in [0.25, 0.3) is 0 Å². The van der Waals surface area contributed by atoms with Crippen LogP contribution in [0.2, 0.25) is 5.02 Å². The molecule has 4 amide bonds. The van der Waals surface area contributed by atoms with E-state index in [0.29, 0.717) is 39.8 Å². The summed E-state index contributed by atoms with van der Waals surface area (Å²) in [5.41, 5.74) is 2.80. The molecule has 1 aliphatic rings. The number of benzene rings is 2. The van der Waals surface area contributed by atoms with Crippen LogP contribution in [-0.4, -0.2) is 36.1 Å². The average molecular weight is 499 g/mol. The first-order valence-corrected chi connectivity index (χ1v) is 12.0. The number of rotatable bonds is 8. The van der Waals surface area contributed by atoms with Crippen LogP contribution >= 0.6 is 11.6 Å². The summed E-state index contributed by atoms with van der Waals surface area (Å²) in [6.07, 6.45) is 0.751. The Morgan fingerprint density at radius 3 is 2.43 bits per heavy atom. The Kier molecular flexibility index (Phi) is 8.76. The number of allylic oxidation sites excluding steroid dienone is 1. The molecule has 8 nitrogen and oxygen atoms in total. The van der Waals surface area contributed by atoms with Crippen molar-refractivity contribution in [1.82, 2.24) is 10.2 Å². The Hall–Kier alpha value is -3.52. The molecule has 0 bridgehead atoms. The molecule has 186 valence electrons. The number of halogens is 1. The van der Waals surface area contributed by atoms with E-state index in [9.17, 15) is 14.4 Å². The molecule has 9 heteroatoms. The minimum absolute atomic E-state index is 0.187. The molecule has 0 saturated heterocycles.